The first-order chi connectivity index (χ1) is 14.8. The van der Waals surface area contributed by atoms with Crippen LogP contribution in [0.2, 0.25) is 0 Å². The number of hydrogen-bond donors (Lipinski definition) is 3. The molecule has 0 saturated carbocycles. The maximum Gasteiger partial charge on any atom is 0.269 e. The van der Waals surface area contributed by atoms with Crippen molar-refractivity contribution in [2.45, 2.75) is 27.2 Å². The molecule has 3 N–H and O–H groups in total. The number of rotatable bonds is 9. The maximum absolute atomic E-state index is 12.3. The van der Waals surface area contributed by atoms with Gasteiger partial charge in [0, 0.05) is 11.1 Å². The lowest BCUT2D eigenvalue weighted by Crippen LogP contribution is -2.46. The lowest BCUT2D eigenvalue weighted by atomic mass is 10.1. The summed E-state index contributed by atoms with van der Waals surface area (Å²) >= 11 is 0. The highest BCUT2D eigenvalue weighted by molar-refractivity contribution is 5.98. The van der Waals surface area contributed by atoms with Crippen molar-refractivity contribution < 1.29 is 23.9 Å². The summed E-state index contributed by atoms with van der Waals surface area (Å²) in [5.41, 5.74) is 6.27. The minimum absolute atomic E-state index is 0.279. The highest BCUT2D eigenvalue weighted by atomic mass is 16.5. The van der Waals surface area contributed by atoms with Crippen LogP contribution in [0, 0.1) is 12.8 Å². The molecule has 0 saturated heterocycles. The van der Waals surface area contributed by atoms with Crippen molar-refractivity contribution in [1.82, 2.24) is 16.2 Å². The predicted molar refractivity (Wildman–Crippen MR) is 117 cm³/mol. The third kappa shape index (κ3) is 7.65. The largest absolute Gasteiger partial charge is 0.493 e. The molecule has 8 nitrogen and oxygen atoms in total. The summed E-state index contributed by atoms with van der Waals surface area (Å²) < 4.78 is 11.0. The Morgan fingerprint density at radius 2 is 1.68 bits per heavy atom. The van der Waals surface area contributed by atoms with Gasteiger partial charge in [0.1, 0.15) is 0 Å². The standard InChI is InChI=1S/C23H29N3O5/c1-15(2)10-11-31-19-9-8-18(13-20(19)30-4)23(29)26-25-21(27)14-24-22(28)17-7-5-6-16(3)12-17/h5-9,12-13,15H,10-11,14H2,1-4H3,(H,24,28)(H,25,27)(H,26,29). The number of hydrogen-bond acceptors (Lipinski definition) is 5. The molecule has 0 aliphatic rings. The molecule has 31 heavy (non-hydrogen) atoms. The maximum atomic E-state index is 12.3. The van der Waals surface area contributed by atoms with Crippen molar-refractivity contribution in [3.05, 3.63) is 59.2 Å². The molecular formula is C23H29N3O5. The van der Waals surface area contributed by atoms with Gasteiger partial charge >= 0.3 is 0 Å². The molecule has 0 radical (unpaired) electrons. The molecule has 0 aromatic heterocycles. The number of methoxy groups -OCH3 is 1. The van der Waals surface area contributed by atoms with Crippen molar-refractivity contribution in [1.29, 1.82) is 0 Å². The van der Waals surface area contributed by atoms with Crippen molar-refractivity contribution in [3.8, 4) is 11.5 Å². The van der Waals surface area contributed by atoms with E-state index in [0.29, 0.717) is 29.6 Å². The fourth-order valence-electron chi connectivity index (χ4n) is 2.62. The second-order valence-electron chi connectivity index (χ2n) is 7.45. The van der Waals surface area contributed by atoms with E-state index in [1.54, 1.807) is 30.3 Å². The van der Waals surface area contributed by atoms with E-state index < -0.39 is 11.8 Å². The van der Waals surface area contributed by atoms with Crippen LogP contribution in [-0.4, -0.2) is 38.0 Å². The SMILES string of the molecule is COc1cc(C(=O)NNC(=O)CNC(=O)c2cccc(C)c2)ccc1OCCC(C)C. The zero-order chi connectivity index (χ0) is 22.8. The molecule has 0 aliphatic heterocycles. The van der Waals surface area contributed by atoms with Gasteiger partial charge in [0.25, 0.3) is 17.7 Å². The highest BCUT2D eigenvalue weighted by Crippen LogP contribution is 2.28. The number of carbonyl (C=O) groups excluding carboxylic acids is 3. The summed E-state index contributed by atoms with van der Waals surface area (Å²) in [6, 6.07) is 11.8. The first-order valence-electron chi connectivity index (χ1n) is 10.0. The Morgan fingerprint density at radius 1 is 0.935 bits per heavy atom. The van der Waals surface area contributed by atoms with Crippen LogP contribution in [0.3, 0.4) is 0 Å². The molecule has 2 aromatic carbocycles. The Labute approximate surface area is 182 Å². The van der Waals surface area contributed by atoms with E-state index in [1.807, 2.05) is 13.0 Å². The van der Waals surface area contributed by atoms with Gasteiger partial charge in [-0.15, -0.1) is 0 Å². The van der Waals surface area contributed by atoms with Gasteiger partial charge in [0.2, 0.25) is 0 Å². The van der Waals surface area contributed by atoms with E-state index in [4.69, 9.17) is 9.47 Å². The second kappa shape index (κ2) is 11.6. The van der Waals surface area contributed by atoms with Crippen LogP contribution in [-0.2, 0) is 4.79 Å². The molecule has 166 valence electrons. The van der Waals surface area contributed by atoms with Crippen molar-refractivity contribution in [3.63, 3.8) is 0 Å². The molecule has 0 heterocycles. The van der Waals surface area contributed by atoms with Crippen LogP contribution in [0.25, 0.3) is 0 Å². The van der Waals surface area contributed by atoms with Crippen LogP contribution in [0.5, 0.6) is 11.5 Å². The van der Waals surface area contributed by atoms with Gasteiger partial charge in [0.05, 0.1) is 20.3 Å². The molecule has 2 rings (SSSR count). The van der Waals surface area contributed by atoms with Crippen LogP contribution >= 0.6 is 0 Å². The molecule has 2 aromatic rings. The third-order valence-corrected chi connectivity index (χ3v) is 4.38. The zero-order valence-electron chi connectivity index (χ0n) is 18.3. The Morgan fingerprint density at radius 3 is 2.35 bits per heavy atom. The fraction of sp³-hybridized carbons (Fsp3) is 0.348. The Hall–Kier alpha value is -3.55. The van der Waals surface area contributed by atoms with Gasteiger partial charge in [-0.3, -0.25) is 25.2 Å². The van der Waals surface area contributed by atoms with E-state index in [1.165, 1.54) is 13.2 Å². The van der Waals surface area contributed by atoms with Gasteiger partial charge in [0.15, 0.2) is 11.5 Å². The lowest BCUT2D eigenvalue weighted by molar-refractivity contribution is -0.120. The Kier molecular flexibility index (Phi) is 8.87. The molecule has 0 bridgehead atoms. The van der Waals surface area contributed by atoms with Crippen LogP contribution in [0.1, 0.15) is 46.5 Å². The number of hydrazine groups is 1. The lowest BCUT2D eigenvalue weighted by Gasteiger charge is -2.13. The van der Waals surface area contributed by atoms with Gasteiger partial charge in [-0.2, -0.15) is 0 Å². The molecular weight excluding hydrogens is 398 g/mol. The quantitative estimate of drug-likeness (QED) is 0.534. The molecule has 0 fully saturated rings. The van der Waals surface area contributed by atoms with Gasteiger partial charge in [-0.1, -0.05) is 31.5 Å². The summed E-state index contributed by atoms with van der Waals surface area (Å²) in [5, 5.41) is 2.50. The normalized spacial score (nSPS) is 10.4. The van der Waals surface area contributed by atoms with Crippen molar-refractivity contribution in [2.24, 2.45) is 5.92 Å². The minimum atomic E-state index is -0.560. The van der Waals surface area contributed by atoms with Crippen LogP contribution in [0.15, 0.2) is 42.5 Å². The van der Waals surface area contributed by atoms with E-state index in [-0.39, 0.29) is 18.0 Å². The zero-order valence-corrected chi connectivity index (χ0v) is 18.3. The molecule has 0 unspecified atom stereocenters. The van der Waals surface area contributed by atoms with Gasteiger partial charge < -0.3 is 14.8 Å². The molecule has 0 atom stereocenters. The molecule has 0 aliphatic carbocycles. The topological polar surface area (TPSA) is 106 Å². The number of carbonyl (C=O) groups is 3. The van der Waals surface area contributed by atoms with E-state index in [9.17, 15) is 14.4 Å². The summed E-state index contributed by atoms with van der Waals surface area (Å²) in [7, 11) is 1.49. The molecule has 8 heteroatoms. The predicted octanol–water partition coefficient (Wildman–Crippen LogP) is 2.62. The summed E-state index contributed by atoms with van der Waals surface area (Å²) in [5.74, 6) is 0.0281. The number of nitrogens with one attached hydrogen (secondary N) is 3. The summed E-state index contributed by atoms with van der Waals surface area (Å²) in [4.78, 5) is 36.3. The average molecular weight is 428 g/mol. The number of aryl methyl sites for hydroxylation is 1. The first-order valence-corrected chi connectivity index (χ1v) is 10.0. The summed E-state index contributed by atoms with van der Waals surface area (Å²) in [6.07, 6.45) is 0.901. The smallest absolute Gasteiger partial charge is 0.269 e. The fourth-order valence-corrected chi connectivity index (χ4v) is 2.62. The first kappa shape index (κ1) is 23.7. The third-order valence-electron chi connectivity index (χ3n) is 4.38. The van der Waals surface area contributed by atoms with E-state index >= 15 is 0 Å². The van der Waals surface area contributed by atoms with Crippen LogP contribution < -0.4 is 25.6 Å². The molecule has 0 spiro atoms. The van der Waals surface area contributed by atoms with Gasteiger partial charge in [-0.05, 0) is 49.6 Å². The van der Waals surface area contributed by atoms with Gasteiger partial charge in [-0.25, -0.2) is 0 Å². The van der Waals surface area contributed by atoms with Crippen LogP contribution in [0.4, 0.5) is 0 Å². The van der Waals surface area contributed by atoms with Crippen molar-refractivity contribution >= 4 is 17.7 Å². The monoisotopic (exact) mass is 427 g/mol. The Balaban J connectivity index is 1.84. The van der Waals surface area contributed by atoms with E-state index in [0.717, 1.165) is 12.0 Å². The number of ether oxygens (including phenoxy) is 2. The summed E-state index contributed by atoms with van der Waals surface area (Å²) in [6.45, 7) is 6.36. The average Bonchev–Trinajstić information content (AvgIpc) is 2.75. The minimum Gasteiger partial charge on any atom is -0.493 e. The number of amides is 3. The number of benzene rings is 2. The van der Waals surface area contributed by atoms with E-state index in [2.05, 4.69) is 30.0 Å². The second-order valence-corrected chi connectivity index (χ2v) is 7.45. The van der Waals surface area contributed by atoms with Crippen molar-refractivity contribution in [2.75, 3.05) is 20.3 Å². The Bertz CT molecular complexity index is 927. The highest BCUT2D eigenvalue weighted by Gasteiger charge is 2.13. The molecule has 3 amide bonds.